The van der Waals surface area contributed by atoms with Crippen LogP contribution in [0.15, 0.2) is 55.1 Å². The largest absolute Gasteiger partial charge is 0.362 e. The van der Waals surface area contributed by atoms with E-state index in [4.69, 9.17) is 4.98 Å². The molecule has 0 saturated carbocycles. The number of nitrogens with one attached hydrogen (secondary N) is 2. The Hall–Kier alpha value is -3.52. The zero-order chi connectivity index (χ0) is 22.5. The number of hydrogen-bond acceptors (Lipinski definition) is 7. The highest BCUT2D eigenvalue weighted by molar-refractivity contribution is 6.04. The SMILES string of the molecule is Cc1cncc(C(=O)Nc2cccc([C@H](C)Nc3cncc(N4CCN(C)CC4)n3)c2)c1. The lowest BCUT2D eigenvalue weighted by Gasteiger charge is -2.33. The van der Waals surface area contributed by atoms with Gasteiger partial charge in [-0.05, 0) is 50.2 Å². The van der Waals surface area contributed by atoms with Gasteiger partial charge in [-0.3, -0.25) is 14.8 Å². The van der Waals surface area contributed by atoms with E-state index in [9.17, 15) is 4.79 Å². The summed E-state index contributed by atoms with van der Waals surface area (Å²) in [4.78, 5) is 30.4. The van der Waals surface area contributed by atoms with E-state index in [1.165, 1.54) is 0 Å². The summed E-state index contributed by atoms with van der Waals surface area (Å²) in [6.07, 6.45) is 6.86. The molecule has 1 atom stereocenters. The molecule has 0 radical (unpaired) electrons. The molecule has 166 valence electrons. The van der Waals surface area contributed by atoms with Crippen LogP contribution in [-0.4, -0.2) is 59.0 Å². The zero-order valence-electron chi connectivity index (χ0n) is 18.7. The van der Waals surface area contributed by atoms with Crippen LogP contribution in [0.25, 0.3) is 0 Å². The molecule has 8 heteroatoms. The molecule has 1 amide bonds. The van der Waals surface area contributed by atoms with Crippen molar-refractivity contribution in [3.05, 3.63) is 71.8 Å². The monoisotopic (exact) mass is 431 g/mol. The summed E-state index contributed by atoms with van der Waals surface area (Å²) in [6, 6.07) is 9.62. The van der Waals surface area contributed by atoms with Crippen LogP contribution < -0.4 is 15.5 Å². The summed E-state index contributed by atoms with van der Waals surface area (Å²) in [7, 11) is 2.14. The lowest BCUT2D eigenvalue weighted by atomic mass is 10.1. The van der Waals surface area contributed by atoms with E-state index in [-0.39, 0.29) is 11.9 Å². The van der Waals surface area contributed by atoms with Gasteiger partial charge in [-0.2, -0.15) is 0 Å². The molecule has 3 heterocycles. The molecule has 4 rings (SSSR count). The second-order valence-electron chi connectivity index (χ2n) is 8.25. The Kier molecular flexibility index (Phi) is 6.61. The maximum atomic E-state index is 12.6. The van der Waals surface area contributed by atoms with Gasteiger partial charge in [-0.25, -0.2) is 4.98 Å². The van der Waals surface area contributed by atoms with Gasteiger partial charge in [0.2, 0.25) is 0 Å². The van der Waals surface area contributed by atoms with Crippen molar-refractivity contribution in [3.8, 4) is 0 Å². The molecule has 1 aliphatic rings. The third-order valence-corrected chi connectivity index (χ3v) is 5.60. The number of benzene rings is 1. The van der Waals surface area contributed by atoms with Crippen molar-refractivity contribution in [2.45, 2.75) is 19.9 Å². The van der Waals surface area contributed by atoms with E-state index in [0.717, 1.165) is 54.6 Å². The molecular weight excluding hydrogens is 402 g/mol. The molecule has 8 nitrogen and oxygen atoms in total. The van der Waals surface area contributed by atoms with Gasteiger partial charge >= 0.3 is 0 Å². The topological polar surface area (TPSA) is 86.3 Å². The van der Waals surface area contributed by atoms with E-state index in [1.54, 1.807) is 18.6 Å². The van der Waals surface area contributed by atoms with E-state index in [0.29, 0.717) is 5.56 Å². The summed E-state index contributed by atoms with van der Waals surface area (Å²) in [5.74, 6) is 1.45. The van der Waals surface area contributed by atoms with Crippen molar-refractivity contribution < 1.29 is 4.79 Å². The summed E-state index contributed by atoms with van der Waals surface area (Å²) in [5, 5.41) is 6.39. The number of hydrogen-bond donors (Lipinski definition) is 2. The van der Waals surface area contributed by atoms with E-state index < -0.39 is 0 Å². The lowest BCUT2D eigenvalue weighted by Crippen LogP contribution is -2.44. The van der Waals surface area contributed by atoms with Gasteiger partial charge in [0.05, 0.1) is 24.0 Å². The number of piperazine rings is 1. The van der Waals surface area contributed by atoms with Gasteiger partial charge in [-0.1, -0.05) is 12.1 Å². The predicted molar refractivity (Wildman–Crippen MR) is 127 cm³/mol. The molecule has 1 aliphatic heterocycles. The quantitative estimate of drug-likeness (QED) is 0.619. The fraction of sp³-hybridized carbons (Fsp3) is 0.333. The molecular formula is C24H29N7O. The number of amides is 1. The molecule has 2 aromatic heterocycles. The van der Waals surface area contributed by atoms with Crippen LogP contribution in [0.5, 0.6) is 0 Å². The molecule has 1 saturated heterocycles. The molecule has 0 spiro atoms. The Morgan fingerprint density at radius 1 is 1.03 bits per heavy atom. The Morgan fingerprint density at radius 3 is 2.59 bits per heavy atom. The average Bonchev–Trinajstić information content (AvgIpc) is 2.80. The predicted octanol–water partition coefficient (Wildman–Crippen LogP) is 3.36. The summed E-state index contributed by atoms with van der Waals surface area (Å²) < 4.78 is 0. The Balaban J connectivity index is 1.42. The summed E-state index contributed by atoms with van der Waals surface area (Å²) in [6.45, 7) is 7.92. The third-order valence-electron chi connectivity index (χ3n) is 5.60. The first-order valence-electron chi connectivity index (χ1n) is 10.8. The second-order valence-corrected chi connectivity index (χ2v) is 8.25. The third kappa shape index (κ3) is 5.39. The van der Waals surface area contributed by atoms with Gasteiger partial charge in [-0.15, -0.1) is 0 Å². The Labute approximate surface area is 188 Å². The van der Waals surface area contributed by atoms with Gasteiger partial charge < -0.3 is 20.4 Å². The zero-order valence-corrected chi connectivity index (χ0v) is 18.7. The minimum Gasteiger partial charge on any atom is -0.362 e. The first-order chi connectivity index (χ1) is 15.5. The van der Waals surface area contributed by atoms with Crippen molar-refractivity contribution in [1.82, 2.24) is 19.9 Å². The molecule has 32 heavy (non-hydrogen) atoms. The molecule has 1 fully saturated rings. The Morgan fingerprint density at radius 2 is 1.81 bits per heavy atom. The maximum Gasteiger partial charge on any atom is 0.257 e. The number of carbonyl (C=O) groups excluding carboxylic acids is 1. The van der Waals surface area contributed by atoms with Gasteiger partial charge in [0.25, 0.3) is 5.91 Å². The van der Waals surface area contributed by atoms with Crippen LogP contribution in [0.3, 0.4) is 0 Å². The van der Waals surface area contributed by atoms with Crippen LogP contribution in [0.1, 0.15) is 34.5 Å². The number of anilines is 3. The minimum absolute atomic E-state index is 0.00970. The Bertz CT molecular complexity index is 1080. The number of aryl methyl sites for hydroxylation is 1. The minimum atomic E-state index is -0.176. The highest BCUT2D eigenvalue weighted by Crippen LogP contribution is 2.22. The molecule has 1 aromatic carbocycles. The number of carbonyl (C=O) groups is 1. The number of likely N-dealkylation sites (N-methyl/N-ethyl adjacent to an activating group) is 1. The van der Waals surface area contributed by atoms with E-state index in [2.05, 4.69) is 44.4 Å². The fourth-order valence-corrected chi connectivity index (χ4v) is 3.69. The van der Waals surface area contributed by atoms with Gasteiger partial charge in [0.15, 0.2) is 0 Å². The fourth-order valence-electron chi connectivity index (χ4n) is 3.69. The standard InChI is InChI=1S/C24H29N7O/c1-17-11-20(14-25-13-17)24(32)28-21-6-4-5-19(12-21)18(2)27-22-15-26-16-23(29-22)31-9-7-30(3)8-10-31/h4-6,11-16,18H,7-10H2,1-3H3,(H,27,29)(H,28,32)/t18-/m0/s1. The molecule has 0 aliphatic carbocycles. The van der Waals surface area contributed by atoms with Crippen molar-refractivity contribution in [2.24, 2.45) is 0 Å². The highest BCUT2D eigenvalue weighted by atomic mass is 16.1. The average molecular weight is 432 g/mol. The van der Waals surface area contributed by atoms with Crippen molar-refractivity contribution >= 4 is 23.2 Å². The summed E-state index contributed by atoms with van der Waals surface area (Å²) in [5.41, 5.74) is 3.26. The van der Waals surface area contributed by atoms with E-state index in [1.807, 2.05) is 43.5 Å². The number of rotatable bonds is 6. The number of nitrogens with zero attached hydrogens (tertiary/aromatic N) is 5. The first kappa shape index (κ1) is 21.7. The second kappa shape index (κ2) is 9.74. The summed E-state index contributed by atoms with van der Waals surface area (Å²) >= 11 is 0. The smallest absolute Gasteiger partial charge is 0.257 e. The molecule has 3 aromatic rings. The van der Waals surface area contributed by atoms with Crippen molar-refractivity contribution in [3.63, 3.8) is 0 Å². The van der Waals surface area contributed by atoms with Crippen molar-refractivity contribution in [1.29, 1.82) is 0 Å². The van der Waals surface area contributed by atoms with Crippen LogP contribution in [0, 0.1) is 6.92 Å². The normalized spacial score (nSPS) is 15.3. The molecule has 2 N–H and O–H groups in total. The lowest BCUT2D eigenvalue weighted by molar-refractivity contribution is 0.102. The first-order valence-corrected chi connectivity index (χ1v) is 10.8. The van der Waals surface area contributed by atoms with Crippen LogP contribution >= 0.6 is 0 Å². The number of pyridine rings is 1. The maximum absolute atomic E-state index is 12.6. The van der Waals surface area contributed by atoms with Crippen molar-refractivity contribution in [2.75, 3.05) is 48.8 Å². The van der Waals surface area contributed by atoms with Gasteiger partial charge in [0.1, 0.15) is 11.6 Å². The van der Waals surface area contributed by atoms with Gasteiger partial charge in [0, 0.05) is 44.3 Å². The van der Waals surface area contributed by atoms with Crippen LogP contribution in [-0.2, 0) is 0 Å². The van der Waals surface area contributed by atoms with E-state index >= 15 is 0 Å². The molecule has 0 bridgehead atoms. The number of aromatic nitrogens is 3. The highest BCUT2D eigenvalue weighted by Gasteiger charge is 2.16. The van der Waals surface area contributed by atoms with Crippen LogP contribution in [0.4, 0.5) is 17.3 Å². The van der Waals surface area contributed by atoms with Crippen LogP contribution in [0.2, 0.25) is 0 Å². The molecule has 0 unspecified atom stereocenters.